The van der Waals surface area contributed by atoms with Crippen LogP contribution in [0.15, 0.2) is 30.3 Å². The highest BCUT2D eigenvalue weighted by molar-refractivity contribution is 6.06. The Labute approximate surface area is 143 Å². The number of nitrogens with two attached hydrogens (primary N) is 1. The molecule has 4 rings (SSSR count). The predicted octanol–water partition coefficient (Wildman–Crippen LogP) is 4.53. The Kier molecular flexibility index (Phi) is 3.22. The first-order valence-electron chi connectivity index (χ1n) is 8.99. The predicted molar refractivity (Wildman–Crippen MR) is 100 cm³/mol. The zero-order chi connectivity index (χ0) is 17.1. The Hall–Kier alpha value is -2.03. The molecule has 2 aliphatic rings. The van der Waals surface area contributed by atoms with Crippen LogP contribution in [0.25, 0.3) is 10.8 Å². The molecule has 0 unspecified atom stereocenters. The van der Waals surface area contributed by atoms with E-state index in [0.29, 0.717) is 5.91 Å². The zero-order valence-corrected chi connectivity index (χ0v) is 14.9. The molecule has 3 heteroatoms. The molecule has 1 heterocycles. The van der Waals surface area contributed by atoms with Gasteiger partial charge in [0.15, 0.2) is 0 Å². The summed E-state index contributed by atoms with van der Waals surface area (Å²) in [6.45, 7) is 7.46. The number of fused-ring (bicyclic) bond motifs is 3. The fourth-order valence-electron chi connectivity index (χ4n) is 5.13. The number of hydrogen-bond acceptors (Lipinski definition) is 2. The van der Waals surface area contributed by atoms with Gasteiger partial charge in [0.1, 0.15) is 0 Å². The Balaban J connectivity index is 1.76. The van der Waals surface area contributed by atoms with Crippen LogP contribution in [0.2, 0.25) is 0 Å². The van der Waals surface area contributed by atoms with Gasteiger partial charge in [-0.3, -0.25) is 4.79 Å². The Morgan fingerprint density at radius 1 is 1.21 bits per heavy atom. The molecule has 0 saturated heterocycles. The highest BCUT2D eigenvalue weighted by Gasteiger charge is 2.54. The number of amides is 1. The first-order valence-corrected chi connectivity index (χ1v) is 8.99. The lowest BCUT2D eigenvalue weighted by Crippen LogP contribution is -2.53. The average molecular weight is 322 g/mol. The lowest BCUT2D eigenvalue weighted by molar-refractivity contribution is -0.142. The number of benzene rings is 2. The van der Waals surface area contributed by atoms with Gasteiger partial charge in [0.2, 0.25) is 5.91 Å². The van der Waals surface area contributed by atoms with E-state index in [1.165, 1.54) is 10.9 Å². The quantitative estimate of drug-likeness (QED) is 0.826. The minimum atomic E-state index is -0.175. The van der Waals surface area contributed by atoms with Crippen molar-refractivity contribution in [3.63, 3.8) is 0 Å². The molecular formula is C21H26N2O. The number of carbonyl (C=O) groups excluding carboxylic acids is 1. The number of carbonyl (C=O) groups is 1. The van der Waals surface area contributed by atoms with E-state index in [0.717, 1.165) is 49.0 Å². The van der Waals surface area contributed by atoms with Gasteiger partial charge >= 0.3 is 0 Å². The molecule has 3 nitrogen and oxygen atoms in total. The number of nitrogens with zero attached hydrogens (tertiary/aromatic N) is 1. The van der Waals surface area contributed by atoms with Gasteiger partial charge in [0.25, 0.3) is 0 Å². The summed E-state index contributed by atoms with van der Waals surface area (Å²) in [5.74, 6) is 0.303. The largest absolute Gasteiger partial charge is 0.398 e. The van der Waals surface area contributed by atoms with Crippen LogP contribution in [0.3, 0.4) is 0 Å². The minimum absolute atomic E-state index is 0.175. The Morgan fingerprint density at radius 2 is 1.88 bits per heavy atom. The topological polar surface area (TPSA) is 46.3 Å². The monoisotopic (exact) mass is 322 g/mol. The van der Waals surface area contributed by atoms with Crippen LogP contribution in [0.5, 0.6) is 0 Å². The van der Waals surface area contributed by atoms with E-state index in [1.54, 1.807) is 0 Å². The second-order valence-electron chi connectivity index (χ2n) is 8.37. The maximum Gasteiger partial charge on any atom is 0.233 e. The molecule has 0 spiro atoms. The van der Waals surface area contributed by atoms with Crippen molar-refractivity contribution in [3.05, 3.63) is 35.9 Å². The molecule has 2 aromatic carbocycles. The first-order chi connectivity index (χ1) is 11.4. The summed E-state index contributed by atoms with van der Waals surface area (Å²) in [4.78, 5) is 15.4. The molecule has 0 radical (unpaired) electrons. The summed E-state index contributed by atoms with van der Waals surface area (Å²) in [7, 11) is 0. The smallest absolute Gasteiger partial charge is 0.233 e. The van der Waals surface area contributed by atoms with Crippen LogP contribution in [-0.4, -0.2) is 12.5 Å². The fraction of sp³-hybridized carbons (Fsp3) is 0.476. The average Bonchev–Trinajstić information content (AvgIpc) is 2.95. The summed E-state index contributed by atoms with van der Waals surface area (Å²) in [5.41, 5.74) is 9.48. The molecule has 24 heavy (non-hydrogen) atoms. The number of anilines is 2. The van der Waals surface area contributed by atoms with E-state index in [9.17, 15) is 4.79 Å². The normalized spacial score (nSPS) is 20.7. The SMILES string of the molecule is CCC1(C(=O)N2CCc3c2cc(N)c2ccccc32)CC(C)(C)C1. The van der Waals surface area contributed by atoms with Gasteiger partial charge < -0.3 is 10.6 Å². The second kappa shape index (κ2) is 4.98. The molecule has 1 aliphatic carbocycles. The van der Waals surface area contributed by atoms with Crippen molar-refractivity contribution in [1.29, 1.82) is 0 Å². The molecule has 0 aromatic heterocycles. The van der Waals surface area contributed by atoms with Crippen molar-refractivity contribution >= 4 is 28.1 Å². The summed E-state index contributed by atoms with van der Waals surface area (Å²) in [6, 6.07) is 10.3. The Bertz CT molecular complexity index is 829. The third-order valence-corrected chi connectivity index (χ3v) is 6.05. The minimum Gasteiger partial charge on any atom is -0.398 e. The summed E-state index contributed by atoms with van der Waals surface area (Å²) in [6.07, 6.45) is 3.82. The Morgan fingerprint density at radius 3 is 2.50 bits per heavy atom. The van der Waals surface area contributed by atoms with Gasteiger partial charge in [-0.25, -0.2) is 0 Å². The molecule has 2 N–H and O–H groups in total. The van der Waals surface area contributed by atoms with E-state index in [4.69, 9.17) is 5.73 Å². The number of nitrogen functional groups attached to an aromatic ring is 1. The van der Waals surface area contributed by atoms with E-state index < -0.39 is 0 Å². The fourth-order valence-corrected chi connectivity index (χ4v) is 5.13. The highest BCUT2D eigenvalue weighted by Crippen LogP contribution is 2.57. The summed E-state index contributed by atoms with van der Waals surface area (Å²) >= 11 is 0. The molecule has 1 fully saturated rings. The van der Waals surface area contributed by atoms with Crippen molar-refractivity contribution in [2.24, 2.45) is 10.8 Å². The van der Waals surface area contributed by atoms with Gasteiger partial charge in [0.05, 0.1) is 5.41 Å². The summed E-state index contributed by atoms with van der Waals surface area (Å²) < 4.78 is 0. The third kappa shape index (κ3) is 2.07. The second-order valence-corrected chi connectivity index (χ2v) is 8.37. The molecule has 1 amide bonds. The highest BCUT2D eigenvalue weighted by atomic mass is 16.2. The van der Waals surface area contributed by atoms with Crippen molar-refractivity contribution in [2.45, 2.75) is 46.5 Å². The number of rotatable bonds is 2. The van der Waals surface area contributed by atoms with Crippen molar-refractivity contribution in [1.82, 2.24) is 0 Å². The lowest BCUT2D eigenvalue weighted by atomic mass is 9.52. The summed E-state index contributed by atoms with van der Waals surface area (Å²) in [5, 5.41) is 2.29. The van der Waals surface area contributed by atoms with E-state index in [-0.39, 0.29) is 10.8 Å². The van der Waals surface area contributed by atoms with Gasteiger partial charge in [-0.15, -0.1) is 0 Å². The molecule has 0 atom stereocenters. The standard InChI is InChI=1S/C21H26N2O/c1-4-21(12-20(2,3)13-21)19(24)23-10-9-16-14-7-5-6-8-15(14)17(22)11-18(16)23/h5-8,11H,4,9-10,12-13,22H2,1-3H3. The van der Waals surface area contributed by atoms with Crippen LogP contribution in [0, 0.1) is 10.8 Å². The van der Waals surface area contributed by atoms with E-state index in [2.05, 4.69) is 39.0 Å². The lowest BCUT2D eigenvalue weighted by Gasteiger charge is -2.53. The van der Waals surface area contributed by atoms with Gasteiger partial charge in [-0.05, 0) is 48.1 Å². The van der Waals surface area contributed by atoms with Crippen molar-refractivity contribution in [2.75, 3.05) is 17.2 Å². The van der Waals surface area contributed by atoms with E-state index >= 15 is 0 Å². The van der Waals surface area contributed by atoms with Crippen LogP contribution in [0.1, 0.15) is 45.6 Å². The molecule has 1 aliphatic heterocycles. The van der Waals surface area contributed by atoms with Crippen LogP contribution >= 0.6 is 0 Å². The molecule has 0 bridgehead atoms. The molecular weight excluding hydrogens is 296 g/mol. The van der Waals surface area contributed by atoms with Crippen LogP contribution in [-0.2, 0) is 11.2 Å². The van der Waals surface area contributed by atoms with Crippen molar-refractivity contribution in [3.8, 4) is 0 Å². The van der Waals surface area contributed by atoms with E-state index in [1.807, 2.05) is 17.0 Å². The molecule has 2 aromatic rings. The van der Waals surface area contributed by atoms with Gasteiger partial charge in [0, 0.05) is 23.3 Å². The van der Waals surface area contributed by atoms with Crippen LogP contribution in [0.4, 0.5) is 11.4 Å². The van der Waals surface area contributed by atoms with Crippen molar-refractivity contribution < 1.29 is 4.79 Å². The third-order valence-electron chi connectivity index (χ3n) is 6.05. The maximum absolute atomic E-state index is 13.4. The van der Waals surface area contributed by atoms with Crippen LogP contribution < -0.4 is 10.6 Å². The zero-order valence-electron chi connectivity index (χ0n) is 14.9. The number of hydrogen-bond donors (Lipinski definition) is 1. The molecule has 1 saturated carbocycles. The molecule has 126 valence electrons. The van der Waals surface area contributed by atoms with Gasteiger partial charge in [-0.2, -0.15) is 0 Å². The first kappa shape index (κ1) is 15.5. The maximum atomic E-state index is 13.4. The van der Waals surface area contributed by atoms with Gasteiger partial charge in [-0.1, -0.05) is 45.0 Å².